The van der Waals surface area contributed by atoms with Gasteiger partial charge in [-0.25, -0.2) is 8.42 Å². The molecule has 1 aliphatic rings. The summed E-state index contributed by atoms with van der Waals surface area (Å²) >= 11 is 3.22. The van der Waals surface area contributed by atoms with E-state index in [1.165, 1.54) is 6.07 Å². The molecule has 0 heterocycles. The van der Waals surface area contributed by atoms with Gasteiger partial charge in [0.2, 0.25) is 0 Å². The van der Waals surface area contributed by atoms with Crippen molar-refractivity contribution < 1.29 is 18.3 Å². The first kappa shape index (κ1) is 13.5. The van der Waals surface area contributed by atoms with Gasteiger partial charge in [0.25, 0.3) is 0 Å². The molecule has 0 unspecified atom stereocenters. The number of benzene rings is 1. The lowest BCUT2D eigenvalue weighted by atomic mass is 9.84. The van der Waals surface area contributed by atoms with Crippen molar-refractivity contribution in [2.75, 3.05) is 0 Å². The van der Waals surface area contributed by atoms with Crippen LogP contribution in [0.5, 0.6) is 0 Å². The van der Waals surface area contributed by atoms with E-state index >= 15 is 0 Å². The summed E-state index contributed by atoms with van der Waals surface area (Å²) in [5.74, 6) is -1.24. The van der Waals surface area contributed by atoms with Crippen molar-refractivity contribution in [2.24, 2.45) is 0 Å². The van der Waals surface area contributed by atoms with Crippen molar-refractivity contribution >= 4 is 31.7 Å². The second-order valence-corrected chi connectivity index (χ2v) is 7.71. The van der Waals surface area contributed by atoms with Gasteiger partial charge in [0.15, 0.2) is 14.6 Å². The summed E-state index contributed by atoms with van der Waals surface area (Å²) in [5, 5.41) is 9.25. The average Bonchev–Trinajstić information content (AvgIpc) is 2.18. The molecule has 0 amide bonds. The maximum absolute atomic E-state index is 12.5. The summed E-state index contributed by atoms with van der Waals surface area (Å²) in [6, 6.07) is 4.89. The lowest BCUT2D eigenvalue weighted by molar-refractivity contribution is -0.142. The van der Waals surface area contributed by atoms with Crippen LogP contribution in [0.4, 0.5) is 0 Å². The van der Waals surface area contributed by atoms with Gasteiger partial charge in [-0.05, 0) is 43.9 Å². The molecule has 0 aromatic heterocycles. The van der Waals surface area contributed by atoms with Crippen molar-refractivity contribution in [1.29, 1.82) is 0 Å². The Morgan fingerprint density at radius 2 is 2.00 bits per heavy atom. The van der Waals surface area contributed by atoms with E-state index in [-0.39, 0.29) is 17.7 Å². The first-order valence-corrected chi connectivity index (χ1v) is 7.83. The van der Waals surface area contributed by atoms with Gasteiger partial charge in [-0.15, -0.1) is 0 Å². The molecule has 1 aromatic rings. The van der Waals surface area contributed by atoms with Crippen LogP contribution in [0.2, 0.25) is 0 Å². The third-order valence-corrected chi connectivity index (χ3v) is 6.63. The number of hydrogen-bond donors (Lipinski definition) is 1. The summed E-state index contributed by atoms with van der Waals surface area (Å²) in [6.07, 6.45) is 1.02. The fourth-order valence-electron chi connectivity index (χ4n) is 2.17. The highest BCUT2D eigenvalue weighted by Gasteiger charge is 2.56. The number of carbonyl (C=O) groups is 1. The summed E-state index contributed by atoms with van der Waals surface area (Å²) in [7, 11) is -3.85. The molecule has 0 atom stereocenters. The van der Waals surface area contributed by atoms with Crippen LogP contribution in [-0.4, -0.2) is 24.2 Å². The molecule has 0 bridgehead atoms. The fraction of sp³-hybridized carbons (Fsp3) is 0.417. The Morgan fingerprint density at radius 1 is 1.39 bits per heavy atom. The smallest absolute Gasteiger partial charge is 0.325 e. The van der Waals surface area contributed by atoms with Crippen LogP contribution in [0.25, 0.3) is 0 Å². The molecule has 0 aliphatic heterocycles. The van der Waals surface area contributed by atoms with Crippen LogP contribution in [0, 0.1) is 6.92 Å². The molecule has 6 heteroatoms. The first-order valence-electron chi connectivity index (χ1n) is 5.55. The molecular formula is C12H13BrO4S. The number of halogens is 1. The highest BCUT2D eigenvalue weighted by atomic mass is 79.9. The minimum atomic E-state index is -3.85. The average molecular weight is 333 g/mol. The van der Waals surface area contributed by atoms with E-state index in [2.05, 4.69) is 15.9 Å². The Balaban J connectivity index is 2.62. The van der Waals surface area contributed by atoms with Gasteiger partial charge in [-0.1, -0.05) is 22.0 Å². The SMILES string of the molecule is Cc1ccc(Br)cc1S(=O)(=O)C1(C(=O)O)CCC1. The Bertz CT molecular complexity index is 603. The molecule has 1 aliphatic carbocycles. The Hall–Kier alpha value is -0.880. The summed E-state index contributed by atoms with van der Waals surface area (Å²) in [5.41, 5.74) is 0.575. The van der Waals surface area contributed by atoms with Gasteiger partial charge < -0.3 is 5.11 Å². The maximum Gasteiger partial charge on any atom is 0.325 e. The van der Waals surface area contributed by atoms with E-state index in [0.29, 0.717) is 16.5 Å². The molecule has 1 N–H and O–H groups in total. The van der Waals surface area contributed by atoms with Gasteiger partial charge >= 0.3 is 5.97 Å². The second-order valence-electron chi connectivity index (χ2n) is 4.57. The Labute approximate surface area is 114 Å². The molecule has 4 nitrogen and oxygen atoms in total. The van der Waals surface area contributed by atoms with Crippen LogP contribution in [0.1, 0.15) is 24.8 Å². The zero-order valence-corrected chi connectivity index (χ0v) is 12.2. The largest absolute Gasteiger partial charge is 0.480 e. The second kappa shape index (κ2) is 4.35. The van der Waals surface area contributed by atoms with Gasteiger partial charge in [-0.2, -0.15) is 0 Å². The molecule has 0 spiro atoms. The lowest BCUT2D eigenvalue weighted by Gasteiger charge is -2.37. The quantitative estimate of drug-likeness (QED) is 0.923. The van der Waals surface area contributed by atoms with Crippen LogP contribution >= 0.6 is 15.9 Å². The fourth-order valence-corrected chi connectivity index (χ4v) is 4.93. The lowest BCUT2D eigenvalue weighted by Crippen LogP contribution is -2.52. The van der Waals surface area contributed by atoms with Crippen LogP contribution < -0.4 is 0 Å². The van der Waals surface area contributed by atoms with Crippen molar-refractivity contribution in [3.05, 3.63) is 28.2 Å². The van der Waals surface area contributed by atoms with Crippen LogP contribution in [0.15, 0.2) is 27.6 Å². The van der Waals surface area contributed by atoms with E-state index in [4.69, 9.17) is 0 Å². The van der Waals surface area contributed by atoms with Crippen molar-refractivity contribution in [3.8, 4) is 0 Å². The predicted molar refractivity (Wildman–Crippen MR) is 70.3 cm³/mol. The van der Waals surface area contributed by atoms with E-state index < -0.39 is 20.6 Å². The Morgan fingerprint density at radius 3 is 2.44 bits per heavy atom. The van der Waals surface area contributed by atoms with Gasteiger partial charge in [0.1, 0.15) is 0 Å². The van der Waals surface area contributed by atoms with Gasteiger partial charge in [-0.3, -0.25) is 4.79 Å². The topological polar surface area (TPSA) is 71.4 Å². The standard InChI is InChI=1S/C12H13BrO4S/c1-8-3-4-9(13)7-10(8)18(16,17)12(11(14)15)5-2-6-12/h3-4,7H,2,5-6H2,1H3,(H,14,15). The van der Waals surface area contributed by atoms with E-state index in [1.54, 1.807) is 19.1 Å². The minimum absolute atomic E-state index is 0.110. The third-order valence-electron chi connectivity index (χ3n) is 3.51. The molecule has 18 heavy (non-hydrogen) atoms. The monoisotopic (exact) mass is 332 g/mol. The zero-order valence-electron chi connectivity index (χ0n) is 9.81. The summed E-state index contributed by atoms with van der Waals surface area (Å²) < 4.78 is 24.1. The van der Waals surface area contributed by atoms with E-state index in [1.807, 2.05) is 0 Å². The molecule has 2 rings (SSSR count). The van der Waals surface area contributed by atoms with E-state index in [9.17, 15) is 18.3 Å². The minimum Gasteiger partial charge on any atom is -0.480 e. The normalized spacial score (nSPS) is 18.1. The maximum atomic E-state index is 12.5. The number of carboxylic acid groups (broad SMARTS) is 1. The third kappa shape index (κ3) is 1.78. The number of hydrogen-bond acceptors (Lipinski definition) is 3. The molecule has 0 saturated heterocycles. The molecule has 1 aromatic carbocycles. The molecule has 98 valence electrons. The predicted octanol–water partition coefficient (Wildman–Crippen LogP) is 2.54. The molecule has 0 radical (unpaired) electrons. The number of carboxylic acids is 1. The van der Waals surface area contributed by atoms with Gasteiger partial charge in [0, 0.05) is 4.47 Å². The van der Waals surface area contributed by atoms with Crippen molar-refractivity contribution in [3.63, 3.8) is 0 Å². The Kier molecular flexibility index (Phi) is 3.27. The molecular weight excluding hydrogens is 320 g/mol. The van der Waals surface area contributed by atoms with Crippen molar-refractivity contribution in [2.45, 2.75) is 35.8 Å². The molecule has 1 fully saturated rings. The van der Waals surface area contributed by atoms with Gasteiger partial charge in [0.05, 0.1) is 4.90 Å². The number of aliphatic carboxylic acids is 1. The highest BCUT2D eigenvalue weighted by Crippen LogP contribution is 2.44. The highest BCUT2D eigenvalue weighted by molar-refractivity contribution is 9.10. The zero-order chi connectivity index (χ0) is 13.6. The molecule has 1 saturated carbocycles. The first-order chi connectivity index (χ1) is 8.31. The van der Waals surface area contributed by atoms with Crippen molar-refractivity contribution in [1.82, 2.24) is 0 Å². The number of rotatable bonds is 3. The number of aryl methyl sites for hydroxylation is 1. The number of sulfone groups is 1. The summed E-state index contributed by atoms with van der Waals surface area (Å²) in [6.45, 7) is 1.67. The summed E-state index contributed by atoms with van der Waals surface area (Å²) in [4.78, 5) is 11.4. The van der Waals surface area contributed by atoms with Crippen LogP contribution in [0.3, 0.4) is 0 Å². The van der Waals surface area contributed by atoms with E-state index in [0.717, 1.165) is 0 Å². The van der Waals surface area contributed by atoms with Crippen LogP contribution in [-0.2, 0) is 14.6 Å².